The lowest BCUT2D eigenvalue weighted by molar-refractivity contribution is -0.151. The minimum atomic E-state index is -0.956. The van der Waals surface area contributed by atoms with Crippen LogP contribution in [0.4, 0.5) is 0 Å². The van der Waals surface area contributed by atoms with Gasteiger partial charge in [0.2, 0.25) is 0 Å². The highest BCUT2D eigenvalue weighted by Crippen LogP contribution is 2.39. The Morgan fingerprint density at radius 1 is 1.00 bits per heavy atom. The monoisotopic (exact) mass is 611 g/mol. The van der Waals surface area contributed by atoms with Crippen LogP contribution < -0.4 is 9.47 Å². The molecule has 0 saturated carbocycles. The van der Waals surface area contributed by atoms with Gasteiger partial charge >= 0.3 is 5.97 Å². The SMILES string of the molecule is CCOC(=O)C(c1ccccc1)N1C(=O)/C(=C\c2ccc(OCc3ccc(Br)cc3)c(OCC)c2)SC1=S. The van der Waals surface area contributed by atoms with Crippen LogP contribution in [0.2, 0.25) is 0 Å². The molecule has 196 valence electrons. The van der Waals surface area contributed by atoms with Gasteiger partial charge < -0.3 is 14.2 Å². The number of rotatable bonds is 10. The van der Waals surface area contributed by atoms with Crippen molar-refractivity contribution in [2.75, 3.05) is 13.2 Å². The second-order valence-electron chi connectivity index (χ2n) is 8.17. The molecule has 1 aliphatic heterocycles. The van der Waals surface area contributed by atoms with E-state index in [2.05, 4.69) is 15.9 Å². The molecule has 0 aliphatic carbocycles. The standard InChI is InChI=1S/C29H26BrNO5S2/c1-3-34-24-16-20(12-15-23(24)36-18-19-10-13-22(30)14-11-19)17-25-27(32)31(29(37)38-25)26(28(33)35-4-2)21-8-6-5-7-9-21/h5-17,26H,3-4,18H2,1-2H3/b25-17+. The predicted octanol–water partition coefficient (Wildman–Crippen LogP) is 6.93. The molecule has 1 heterocycles. The van der Waals surface area contributed by atoms with Gasteiger partial charge in [-0.15, -0.1) is 0 Å². The third-order valence-electron chi connectivity index (χ3n) is 5.58. The van der Waals surface area contributed by atoms with Crippen molar-refractivity contribution in [2.45, 2.75) is 26.5 Å². The van der Waals surface area contributed by atoms with Crippen molar-refractivity contribution in [3.63, 3.8) is 0 Å². The summed E-state index contributed by atoms with van der Waals surface area (Å²) in [7, 11) is 0. The molecule has 1 fully saturated rings. The Morgan fingerprint density at radius 2 is 1.74 bits per heavy atom. The number of ether oxygens (including phenoxy) is 3. The summed E-state index contributed by atoms with van der Waals surface area (Å²) in [6, 6.07) is 21.5. The molecule has 9 heteroatoms. The van der Waals surface area contributed by atoms with E-state index in [1.165, 1.54) is 4.90 Å². The van der Waals surface area contributed by atoms with E-state index in [4.69, 9.17) is 26.4 Å². The van der Waals surface area contributed by atoms with E-state index in [1.54, 1.807) is 25.1 Å². The van der Waals surface area contributed by atoms with Crippen LogP contribution in [-0.4, -0.2) is 34.3 Å². The molecule has 0 bridgehead atoms. The maximum Gasteiger partial charge on any atom is 0.333 e. The van der Waals surface area contributed by atoms with Crippen molar-refractivity contribution in [3.8, 4) is 11.5 Å². The number of esters is 1. The lowest BCUT2D eigenvalue weighted by Crippen LogP contribution is -2.38. The minimum absolute atomic E-state index is 0.198. The summed E-state index contributed by atoms with van der Waals surface area (Å²) in [5, 5.41) is 0. The van der Waals surface area contributed by atoms with E-state index in [9.17, 15) is 9.59 Å². The molecule has 38 heavy (non-hydrogen) atoms. The van der Waals surface area contributed by atoms with Crippen molar-refractivity contribution >= 4 is 62.2 Å². The summed E-state index contributed by atoms with van der Waals surface area (Å²) >= 11 is 10.1. The van der Waals surface area contributed by atoms with Crippen LogP contribution in [-0.2, 0) is 20.9 Å². The number of carbonyl (C=O) groups is 2. The van der Waals surface area contributed by atoms with E-state index in [-0.39, 0.29) is 12.5 Å². The smallest absolute Gasteiger partial charge is 0.333 e. The van der Waals surface area contributed by atoms with E-state index in [1.807, 2.05) is 67.6 Å². The Kier molecular flexibility index (Phi) is 9.60. The number of hydrogen-bond acceptors (Lipinski definition) is 7. The molecule has 0 radical (unpaired) electrons. The number of hydrogen-bond donors (Lipinski definition) is 0. The second kappa shape index (κ2) is 13.1. The van der Waals surface area contributed by atoms with E-state index in [0.29, 0.717) is 39.5 Å². The fraction of sp³-hybridized carbons (Fsp3) is 0.207. The maximum atomic E-state index is 13.5. The molecule has 1 unspecified atom stereocenters. The van der Waals surface area contributed by atoms with Crippen molar-refractivity contribution < 1.29 is 23.8 Å². The van der Waals surface area contributed by atoms with Gasteiger partial charge in [0.05, 0.1) is 18.1 Å². The van der Waals surface area contributed by atoms with Gasteiger partial charge in [-0.2, -0.15) is 0 Å². The molecule has 1 aliphatic rings. The normalized spacial score (nSPS) is 15.0. The van der Waals surface area contributed by atoms with Crippen molar-refractivity contribution in [1.82, 2.24) is 4.90 Å². The first-order chi connectivity index (χ1) is 18.4. The topological polar surface area (TPSA) is 65.1 Å². The van der Waals surface area contributed by atoms with Gasteiger partial charge in [-0.25, -0.2) is 4.79 Å². The quantitative estimate of drug-likeness (QED) is 0.140. The number of amides is 1. The maximum absolute atomic E-state index is 13.5. The zero-order valence-electron chi connectivity index (χ0n) is 20.9. The molecule has 3 aromatic carbocycles. The Labute approximate surface area is 240 Å². The van der Waals surface area contributed by atoms with Crippen molar-refractivity contribution in [3.05, 3.63) is 98.9 Å². The van der Waals surface area contributed by atoms with Crippen LogP contribution in [0.1, 0.15) is 36.6 Å². The van der Waals surface area contributed by atoms with Crippen LogP contribution >= 0.6 is 39.9 Å². The van der Waals surface area contributed by atoms with Gasteiger partial charge in [-0.3, -0.25) is 9.69 Å². The molecular weight excluding hydrogens is 586 g/mol. The third kappa shape index (κ3) is 6.64. The average molecular weight is 613 g/mol. The van der Waals surface area contributed by atoms with Crippen LogP contribution in [0, 0.1) is 0 Å². The summed E-state index contributed by atoms with van der Waals surface area (Å²) in [6.07, 6.45) is 1.74. The Morgan fingerprint density at radius 3 is 2.42 bits per heavy atom. The number of carbonyl (C=O) groups excluding carboxylic acids is 2. The fourth-order valence-corrected chi connectivity index (χ4v) is 5.42. The highest BCUT2D eigenvalue weighted by molar-refractivity contribution is 9.10. The Bertz CT molecular complexity index is 1340. The van der Waals surface area contributed by atoms with Gasteiger partial charge in [0.15, 0.2) is 17.5 Å². The highest BCUT2D eigenvalue weighted by Gasteiger charge is 2.42. The molecule has 0 spiro atoms. The van der Waals surface area contributed by atoms with Crippen molar-refractivity contribution in [1.29, 1.82) is 0 Å². The number of nitrogens with zero attached hydrogens (tertiary/aromatic N) is 1. The van der Waals surface area contributed by atoms with E-state index >= 15 is 0 Å². The number of benzene rings is 3. The fourth-order valence-electron chi connectivity index (χ4n) is 3.84. The van der Waals surface area contributed by atoms with Crippen LogP contribution in [0.15, 0.2) is 82.2 Å². The first-order valence-corrected chi connectivity index (χ1v) is 14.1. The lowest BCUT2D eigenvalue weighted by atomic mass is 10.1. The zero-order chi connectivity index (χ0) is 27.1. The molecule has 3 aromatic rings. The minimum Gasteiger partial charge on any atom is -0.490 e. The summed E-state index contributed by atoms with van der Waals surface area (Å²) < 4.78 is 18.4. The Balaban J connectivity index is 1.58. The van der Waals surface area contributed by atoms with Crippen molar-refractivity contribution in [2.24, 2.45) is 0 Å². The van der Waals surface area contributed by atoms with E-state index in [0.717, 1.165) is 27.4 Å². The predicted molar refractivity (Wildman–Crippen MR) is 157 cm³/mol. The third-order valence-corrected chi connectivity index (χ3v) is 7.44. The molecule has 4 rings (SSSR count). The van der Waals surface area contributed by atoms with Gasteiger partial charge in [-0.05, 0) is 60.9 Å². The molecule has 1 amide bonds. The molecule has 0 N–H and O–H groups in total. The molecule has 6 nitrogen and oxygen atoms in total. The molecular formula is C29H26BrNO5S2. The summed E-state index contributed by atoms with van der Waals surface area (Å²) in [6.45, 7) is 4.67. The van der Waals surface area contributed by atoms with Gasteiger partial charge in [0.1, 0.15) is 10.9 Å². The lowest BCUT2D eigenvalue weighted by Gasteiger charge is -2.25. The molecule has 1 saturated heterocycles. The second-order valence-corrected chi connectivity index (χ2v) is 10.8. The zero-order valence-corrected chi connectivity index (χ0v) is 24.1. The number of halogens is 1. The molecule has 0 aromatic heterocycles. The number of thioether (sulfide) groups is 1. The largest absolute Gasteiger partial charge is 0.490 e. The first kappa shape index (κ1) is 27.9. The van der Waals surface area contributed by atoms with Gasteiger partial charge in [-0.1, -0.05) is 88.4 Å². The summed E-state index contributed by atoms with van der Waals surface area (Å²) in [5.74, 6) is 0.297. The highest BCUT2D eigenvalue weighted by atomic mass is 79.9. The van der Waals surface area contributed by atoms with Gasteiger partial charge in [0.25, 0.3) is 5.91 Å². The summed E-state index contributed by atoms with van der Waals surface area (Å²) in [4.78, 5) is 28.1. The molecule has 1 atom stereocenters. The van der Waals surface area contributed by atoms with E-state index < -0.39 is 12.0 Å². The average Bonchev–Trinajstić information content (AvgIpc) is 3.18. The van der Waals surface area contributed by atoms with Crippen LogP contribution in [0.25, 0.3) is 6.08 Å². The van der Waals surface area contributed by atoms with Crippen LogP contribution in [0.5, 0.6) is 11.5 Å². The number of thiocarbonyl (C=S) groups is 1. The summed E-state index contributed by atoms with van der Waals surface area (Å²) in [5.41, 5.74) is 2.41. The van der Waals surface area contributed by atoms with Gasteiger partial charge in [0, 0.05) is 4.47 Å². The first-order valence-electron chi connectivity index (χ1n) is 12.0. The Hall–Kier alpha value is -3.14. The van der Waals surface area contributed by atoms with Crippen LogP contribution in [0.3, 0.4) is 0 Å².